The number of esters is 1. The molecule has 0 aliphatic carbocycles. The minimum atomic E-state index is -2.78. The van der Waals surface area contributed by atoms with E-state index in [0.717, 1.165) is 10.7 Å². The molecule has 0 aliphatic rings. The first kappa shape index (κ1) is 13.2. The Morgan fingerprint density at radius 1 is 1.48 bits per heavy atom. The van der Waals surface area contributed by atoms with E-state index in [2.05, 4.69) is 14.8 Å². The highest BCUT2D eigenvalue weighted by Gasteiger charge is 2.22. The van der Waals surface area contributed by atoms with Crippen molar-refractivity contribution >= 4 is 11.6 Å². The first-order chi connectivity index (χ1) is 10.1. The Kier molecular flexibility index (Phi) is 3.13. The van der Waals surface area contributed by atoms with Gasteiger partial charge in [-0.05, 0) is 18.2 Å². The van der Waals surface area contributed by atoms with E-state index in [4.69, 9.17) is 4.42 Å². The van der Waals surface area contributed by atoms with Crippen LogP contribution in [0.1, 0.15) is 22.5 Å². The van der Waals surface area contributed by atoms with Crippen molar-refractivity contribution in [3.63, 3.8) is 0 Å². The molecule has 0 amide bonds. The van der Waals surface area contributed by atoms with Crippen LogP contribution in [-0.4, -0.2) is 27.7 Å². The number of nitrogens with zero attached hydrogens (tertiary/aromatic N) is 3. The monoisotopic (exact) mass is 293 g/mol. The number of carbonyl (C=O) groups is 1. The van der Waals surface area contributed by atoms with Gasteiger partial charge in [0, 0.05) is 0 Å². The number of ether oxygens (including phenoxy) is 1. The van der Waals surface area contributed by atoms with Gasteiger partial charge in [-0.15, -0.1) is 0 Å². The number of carbonyl (C=O) groups excluding carboxylic acids is 1. The molecule has 0 aromatic carbocycles. The van der Waals surface area contributed by atoms with E-state index in [1.54, 1.807) is 12.1 Å². The van der Waals surface area contributed by atoms with Gasteiger partial charge >= 0.3 is 5.97 Å². The van der Waals surface area contributed by atoms with Gasteiger partial charge in [0.15, 0.2) is 11.4 Å². The number of methoxy groups -OCH3 is 1. The number of aromatic nitrogens is 3. The van der Waals surface area contributed by atoms with Gasteiger partial charge in [0.05, 0.1) is 19.6 Å². The summed E-state index contributed by atoms with van der Waals surface area (Å²) in [5, 5.41) is 3.77. The number of rotatable bonds is 3. The second kappa shape index (κ2) is 4.97. The Labute approximate surface area is 117 Å². The smallest absolute Gasteiger partial charge is 0.343 e. The number of halogens is 2. The van der Waals surface area contributed by atoms with Crippen LogP contribution >= 0.6 is 0 Å². The highest BCUT2D eigenvalue weighted by Crippen LogP contribution is 2.27. The van der Waals surface area contributed by atoms with E-state index in [-0.39, 0.29) is 22.6 Å². The molecule has 3 heterocycles. The van der Waals surface area contributed by atoms with Crippen molar-refractivity contribution in [3.05, 3.63) is 41.9 Å². The van der Waals surface area contributed by atoms with Gasteiger partial charge in [0.1, 0.15) is 17.0 Å². The molecule has 0 saturated heterocycles. The lowest BCUT2D eigenvalue weighted by molar-refractivity contribution is 0.0602. The number of hydrogen-bond donors (Lipinski definition) is 0. The predicted molar refractivity (Wildman–Crippen MR) is 67.0 cm³/mol. The Hall–Kier alpha value is -2.77. The van der Waals surface area contributed by atoms with Crippen molar-refractivity contribution in [2.45, 2.75) is 6.43 Å². The highest BCUT2D eigenvalue weighted by atomic mass is 19.3. The van der Waals surface area contributed by atoms with Gasteiger partial charge in [-0.1, -0.05) is 0 Å². The maximum atomic E-state index is 13.2. The van der Waals surface area contributed by atoms with Gasteiger partial charge in [-0.2, -0.15) is 5.10 Å². The summed E-state index contributed by atoms with van der Waals surface area (Å²) in [7, 11) is 1.19. The Bertz CT molecular complexity index is 796. The lowest BCUT2D eigenvalue weighted by Gasteiger charge is -2.06. The lowest BCUT2D eigenvalue weighted by Crippen LogP contribution is -2.05. The maximum absolute atomic E-state index is 13.2. The van der Waals surface area contributed by atoms with Crippen molar-refractivity contribution in [1.82, 2.24) is 14.6 Å². The van der Waals surface area contributed by atoms with Crippen molar-refractivity contribution in [2.75, 3.05) is 7.11 Å². The summed E-state index contributed by atoms with van der Waals surface area (Å²) in [6, 6.07) is 4.37. The molecule has 108 valence electrons. The van der Waals surface area contributed by atoms with Crippen LogP contribution in [0.25, 0.3) is 17.1 Å². The normalized spacial score (nSPS) is 11.2. The molecule has 3 rings (SSSR count). The second-order valence-corrected chi connectivity index (χ2v) is 4.13. The number of hydrogen-bond acceptors (Lipinski definition) is 5. The van der Waals surface area contributed by atoms with Crippen LogP contribution < -0.4 is 0 Å². The summed E-state index contributed by atoms with van der Waals surface area (Å²) in [5.41, 5.74) is -0.200. The molecule has 0 unspecified atom stereocenters. The van der Waals surface area contributed by atoms with E-state index >= 15 is 0 Å². The number of alkyl halides is 2. The lowest BCUT2D eigenvalue weighted by atomic mass is 10.2. The maximum Gasteiger partial charge on any atom is 0.343 e. The molecule has 0 bridgehead atoms. The molecule has 0 N–H and O–H groups in total. The summed E-state index contributed by atoms with van der Waals surface area (Å²) in [6.07, 6.45) is -0.234. The number of fused-ring (bicyclic) bond motifs is 1. The minimum Gasteiger partial charge on any atom is -0.465 e. The van der Waals surface area contributed by atoms with Crippen LogP contribution in [0.3, 0.4) is 0 Å². The molecule has 3 aromatic heterocycles. The van der Waals surface area contributed by atoms with E-state index in [1.807, 2.05) is 0 Å². The molecule has 0 spiro atoms. The molecule has 6 nitrogen and oxygen atoms in total. The molecule has 0 atom stereocenters. The summed E-state index contributed by atoms with van der Waals surface area (Å²) < 4.78 is 37.0. The standard InChI is InChI=1S/C13H9F2N3O3/c1-20-13(19)7-6-16-18-9(11(14)15)5-8(17-12(7)18)10-3-2-4-21-10/h2-6,11H,1H3. The van der Waals surface area contributed by atoms with Gasteiger partial charge in [-0.25, -0.2) is 23.1 Å². The van der Waals surface area contributed by atoms with Crippen molar-refractivity contribution in [3.8, 4) is 11.5 Å². The third-order valence-corrected chi connectivity index (χ3v) is 2.90. The van der Waals surface area contributed by atoms with Crippen LogP contribution in [0.4, 0.5) is 8.78 Å². The van der Waals surface area contributed by atoms with Gasteiger partial charge in [0.2, 0.25) is 0 Å². The summed E-state index contributed by atoms with van der Waals surface area (Å²) in [4.78, 5) is 15.8. The quantitative estimate of drug-likeness (QED) is 0.694. The number of furan rings is 1. The third kappa shape index (κ3) is 2.14. The Morgan fingerprint density at radius 2 is 2.29 bits per heavy atom. The molecule has 0 fully saturated rings. The van der Waals surface area contributed by atoms with Crippen molar-refractivity contribution in [2.24, 2.45) is 0 Å². The summed E-state index contributed by atoms with van der Waals surface area (Å²) in [5.74, 6) is -0.384. The molecular formula is C13H9F2N3O3. The Morgan fingerprint density at radius 3 is 2.90 bits per heavy atom. The second-order valence-electron chi connectivity index (χ2n) is 4.13. The fraction of sp³-hybridized carbons (Fsp3) is 0.154. The van der Waals surface area contributed by atoms with E-state index in [1.165, 1.54) is 19.4 Å². The first-order valence-corrected chi connectivity index (χ1v) is 5.91. The van der Waals surface area contributed by atoms with Crippen LogP contribution in [0, 0.1) is 0 Å². The highest BCUT2D eigenvalue weighted by molar-refractivity contribution is 5.95. The molecule has 8 heteroatoms. The fourth-order valence-electron chi connectivity index (χ4n) is 1.95. The van der Waals surface area contributed by atoms with Crippen LogP contribution in [0.2, 0.25) is 0 Å². The van der Waals surface area contributed by atoms with Crippen LogP contribution in [0.5, 0.6) is 0 Å². The SMILES string of the molecule is COC(=O)c1cnn2c(C(F)F)cc(-c3ccco3)nc12. The zero-order chi connectivity index (χ0) is 15.0. The molecular weight excluding hydrogens is 284 g/mol. The Balaban J connectivity index is 2.30. The van der Waals surface area contributed by atoms with E-state index in [9.17, 15) is 13.6 Å². The van der Waals surface area contributed by atoms with Gasteiger partial charge in [-0.3, -0.25) is 0 Å². The molecule has 3 aromatic rings. The average molecular weight is 293 g/mol. The molecule has 0 aliphatic heterocycles. The van der Waals surface area contributed by atoms with Gasteiger partial charge < -0.3 is 9.15 Å². The van der Waals surface area contributed by atoms with Crippen LogP contribution in [0.15, 0.2) is 35.1 Å². The first-order valence-electron chi connectivity index (χ1n) is 5.91. The van der Waals surface area contributed by atoms with Gasteiger partial charge in [0.25, 0.3) is 6.43 Å². The van der Waals surface area contributed by atoms with Crippen molar-refractivity contribution in [1.29, 1.82) is 0 Å². The van der Waals surface area contributed by atoms with E-state index < -0.39 is 12.4 Å². The zero-order valence-corrected chi connectivity index (χ0v) is 10.8. The molecule has 0 radical (unpaired) electrons. The summed E-state index contributed by atoms with van der Waals surface area (Å²) >= 11 is 0. The molecule has 21 heavy (non-hydrogen) atoms. The topological polar surface area (TPSA) is 69.6 Å². The largest absolute Gasteiger partial charge is 0.465 e. The third-order valence-electron chi connectivity index (χ3n) is 2.90. The average Bonchev–Trinajstić information content (AvgIpc) is 3.14. The van der Waals surface area contributed by atoms with Crippen LogP contribution in [-0.2, 0) is 4.74 Å². The predicted octanol–water partition coefficient (Wildman–Crippen LogP) is 2.71. The fourth-order valence-corrected chi connectivity index (χ4v) is 1.95. The minimum absolute atomic E-state index is 0.00723. The summed E-state index contributed by atoms with van der Waals surface area (Å²) in [6.45, 7) is 0. The van der Waals surface area contributed by atoms with Crippen molar-refractivity contribution < 1.29 is 22.7 Å². The zero-order valence-electron chi connectivity index (χ0n) is 10.8. The van der Waals surface area contributed by atoms with E-state index in [0.29, 0.717) is 5.76 Å². The molecule has 0 saturated carbocycles.